The van der Waals surface area contributed by atoms with E-state index in [-0.39, 0.29) is 43.6 Å². The molecule has 1 unspecified atom stereocenters. The van der Waals surface area contributed by atoms with Crippen LogP contribution in [0, 0.1) is 0 Å². The monoisotopic (exact) mass is 216 g/mol. The molecule has 0 aliphatic rings. The molecular weight excluding hydrogens is 198 g/mol. The van der Waals surface area contributed by atoms with Crippen molar-refractivity contribution in [3.8, 4) is 0 Å². The number of carbonyl (C=O) groups excluding carboxylic acids is 1. The van der Waals surface area contributed by atoms with E-state index in [1.165, 1.54) is 0 Å². The summed E-state index contributed by atoms with van der Waals surface area (Å²) in [5.41, 5.74) is -0.487. The van der Waals surface area contributed by atoms with Gasteiger partial charge in [0.05, 0.1) is 0 Å². The molecule has 13 heavy (non-hydrogen) atoms. The summed E-state index contributed by atoms with van der Waals surface area (Å²) >= 11 is 0. The molecule has 0 radical (unpaired) electrons. The van der Waals surface area contributed by atoms with Crippen molar-refractivity contribution in [2.45, 2.75) is 39.5 Å². The van der Waals surface area contributed by atoms with Crippen LogP contribution in [-0.2, 0) is 9.36 Å². The Morgan fingerprint density at radius 2 is 1.92 bits per heavy atom. The van der Waals surface area contributed by atoms with Gasteiger partial charge in [-0.05, 0) is 6.42 Å². The molecule has 0 aromatic heterocycles. The van der Waals surface area contributed by atoms with Gasteiger partial charge in [-0.1, -0.05) is 26.7 Å². The standard InChI is InChI=1S/C8H17O3P.Na.H/c1-3-5-6-7-12(10,11)8(9)4-2;;/h3-7H2,1-2H3,(H,10,11);;/q;+1;-1. The third kappa shape index (κ3) is 6.87. The minimum Gasteiger partial charge on any atom is -1.00 e. The van der Waals surface area contributed by atoms with E-state index >= 15 is 0 Å². The van der Waals surface area contributed by atoms with E-state index in [1.807, 2.05) is 6.92 Å². The van der Waals surface area contributed by atoms with Gasteiger partial charge in [0.15, 0.2) is 0 Å². The first kappa shape index (κ1) is 16.3. The average molecular weight is 216 g/mol. The van der Waals surface area contributed by atoms with Crippen molar-refractivity contribution >= 4 is 12.9 Å². The van der Waals surface area contributed by atoms with Crippen LogP contribution in [0.5, 0.6) is 0 Å². The Bertz CT molecular complexity index is 199. The summed E-state index contributed by atoms with van der Waals surface area (Å²) in [4.78, 5) is 20.1. The summed E-state index contributed by atoms with van der Waals surface area (Å²) in [6, 6.07) is 0. The second kappa shape index (κ2) is 8.19. The quantitative estimate of drug-likeness (QED) is 0.370. The molecule has 3 nitrogen and oxygen atoms in total. The van der Waals surface area contributed by atoms with E-state index in [1.54, 1.807) is 6.92 Å². The molecule has 0 heterocycles. The third-order valence-electron chi connectivity index (χ3n) is 1.76. The van der Waals surface area contributed by atoms with Gasteiger partial charge in [-0.15, -0.1) is 0 Å². The van der Waals surface area contributed by atoms with E-state index in [4.69, 9.17) is 0 Å². The van der Waals surface area contributed by atoms with E-state index in [0.717, 1.165) is 12.8 Å². The van der Waals surface area contributed by atoms with Crippen molar-refractivity contribution < 1.29 is 45.2 Å². The van der Waals surface area contributed by atoms with Gasteiger partial charge in [-0.3, -0.25) is 9.36 Å². The summed E-state index contributed by atoms with van der Waals surface area (Å²) in [6.07, 6.45) is 2.92. The summed E-state index contributed by atoms with van der Waals surface area (Å²) < 4.78 is 11.2. The molecule has 0 saturated heterocycles. The molecule has 74 valence electrons. The van der Waals surface area contributed by atoms with Gasteiger partial charge in [0.2, 0.25) is 5.52 Å². The first-order valence-corrected chi connectivity index (χ1v) is 6.24. The second-order valence-electron chi connectivity index (χ2n) is 2.88. The van der Waals surface area contributed by atoms with Crippen LogP contribution in [0.3, 0.4) is 0 Å². The van der Waals surface area contributed by atoms with Crippen LogP contribution in [-0.4, -0.2) is 16.6 Å². The van der Waals surface area contributed by atoms with Crippen LogP contribution in [0.4, 0.5) is 0 Å². The molecule has 0 aliphatic carbocycles. The predicted octanol–water partition coefficient (Wildman–Crippen LogP) is -0.500. The summed E-state index contributed by atoms with van der Waals surface area (Å²) in [6.45, 7) is 3.63. The van der Waals surface area contributed by atoms with Crippen molar-refractivity contribution in [2.75, 3.05) is 6.16 Å². The van der Waals surface area contributed by atoms with Crippen molar-refractivity contribution in [1.82, 2.24) is 0 Å². The van der Waals surface area contributed by atoms with Crippen LogP contribution < -0.4 is 29.6 Å². The smallest absolute Gasteiger partial charge is 1.00 e. The zero-order valence-corrected chi connectivity index (χ0v) is 11.6. The van der Waals surface area contributed by atoms with Crippen molar-refractivity contribution in [3.63, 3.8) is 0 Å². The Hall–Kier alpha value is 0.860. The molecule has 0 bridgehead atoms. The van der Waals surface area contributed by atoms with Crippen LogP contribution in [0.25, 0.3) is 0 Å². The Morgan fingerprint density at radius 1 is 1.38 bits per heavy atom. The average Bonchev–Trinajstić information content (AvgIpc) is 2.03. The van der Waals surface area contributed by atoms with Crippen molar-refractivity contribution in [1.29, 1.82) is 0 Å². The molecule has 0 amide bonds. The Kier molecular flexibility index (Phi) is 10.3. The van der Waals surface area contributed by atoms with Gasteiger partial charge in [0.1, 0.15) is 0 Å². The predicted molar refractivity (Wildman–Crippen MR) is 50.6 cm³/mol. The zero-order valence-electron chi connectivity index (χ0n) is 9.75. The Morgan fingerprint density at radius 3 is 2.31 bits per heavy atom. The van der Waals surface area contributed by atoms with Gasteiger partial charge in [0.25, 0.3) is 7.37 Å². The first-order chi connectivity index (χ1) is 5.54. The molecule has 5 heteroatoms. The molecule has 0 spiro atoms. The number of unbranched alkanes of at least 4 members (excludes halogenated alkanes) is 2. The van der Waals surface area contributed by atoms with E-state index in [2.05, 4.69) is 0 Å². The molecule has 0 aromatic carbocycles. The molecule has 0 rings (SSSR count). The Labute approximate surface area is 104 Å². The number of carbonyl (C=O) groups is 1. The van der Waals surface area contributed by atoms with Gasteiger partial charge < -0.3 is 6.32 Å². The molecule has 0 aliphatic heterocycles. The van der Waals surface area contributed by atoms with Crippen LogP contribution >= 0.6 is 7.37 Å². The first-order valence-electron chi connectivity index (χ1n) is 4.39. The molecule has 0 fully saturated rings. The zero-order chi connectivity index (χ0) is 9.61. The molecular formula is C8H18NaO3P. The van der Waals surface area contributed by atoms with Crippen LogP contribution in [0.2, 0.25) is 0 Å². The summed E-state index contributed by atoms with van der Waals surface area (Å²) in [5, 5.41) is 0. The van der Waals surface area contributed by atoms with Crippen LogP contribution in [0.1, 0.15) is 41.0 Å². The number of hydrogen-bond acceptors (Lipinski definition) is 2. The number of rotatable bonds is 6. The van der Waals surface area contributed by atoms with E-state index in [9.17, 15) is 14.3 Å². The summed E-state index contributed by atoms with van der Waals surface area (Å²) in [7, 11) is -3.45. The molecule has 1 N–H and O–H groups in total. The maximum atomic E-state index is 11.2. The van der Waals surface area contributed by atoms with E-state index < -0.39 is 12.9 Å². The van der Waals surface area contributed by atoms with Gasteiger partial charge >= 0.3 is 29.6 Å². The summed E-state index contributed by atoms with van der Waals surface area (Å²) in [5.74, 6) is 0. The molecule has 1 atom stereocenters. The van der Waals surface area contributed by atoms with E-state index in [0.29, 0.717) is 6.42 Å². The maximum absolute atomic E-state index is 11.2. The largest absolute Gasteiger partial charge is 1.00 e. The minimum absolute atomic E-state index is 0. The van der Waals surface area contributed by atoms with Gasteiger partial charge in [0, 0.05) is 12.6 Å². The van der Waals surface area contributed by atoms with Crippen LogP contribution in [0.15, 0.2) is 0 Å². The third-order valence-corrected chi connectivity index (χ3v) is 3.77. The van der Waals surface area contributed by atoms with Gasteiger partial charge in [-0.2, -0.15) is 0 Å². The van der Waals surface area contributed by atoms with Gasteiger partial charge in [-0.25, -0.2) is 0 Å². The fraction of sp³-hybridized carbons (Fsp3) is 0.875. The van der Waals surface area contributed by atoms with Crippen molar-refractivity contribution in [2.24, 2.45) is 0 Å². The second-order valence-corrected chi connectivity index (χ2v) is 5.23. The number of hydrogen-bond donors (Lipinski definition) is 1. The fourth-order valence-corrected chi connectivity index (χ4v) is 2.34. The Balaban J connectivity index is -0.000000605. The minimum atomic E-state index is -3.45. The maximum Gasteiger partial charge on any atom is 1.00 e. The van der Waals surface area contributed by atoms with Crippen molar-refractivity contribution in [3.05, 3.63) is 0 Å². The SMILES string of the molecule is CCCCCP(=O)(O)C(=O)CC.[H-].[Na+]. The molecule has 0 aromatic rings. The molecule has 0 saturated carbocycles. The topological polar surface area (TPSA) is 54.4 Å². The fourth-order valence-electron chi connectivity index (χ4n) is 0.948. The normalized spacial score (nSPS) is 14.4.